The first-order valence-corrected chi connectivity index (χ1v) is 7.89. The summed E-state index contributed by atoms with van der Waals surface area (Å²) in [6.45, 7) is 7.67. The van der Waals surface area contributed by atoms with Gasteiger partial charge in [-0.3, -0.25) is 0 Å². The third kappa shape index (κ3) is 3.69. The average molecular weight is 254 g/mol. The van der Waals surface area contributed by atoms with Gasteiger partial charge < -0.3 is 15.3 Å². The second-order valence-electron chi connectivity index (χ2n) is 6.17. The van der Waals surface area contributed by atoms with Gasteiger partial charge >= 0.3 is 0 Å². The molecule has 3 atom stereocenters. The highest BCUT2D eigenvalue weighted by Gasteiger charge is 2.31. The van der Waals surface area contributed by atoms with E-state index in [1.807, 2.05) is 0 Å². The number of hydrogen-bond donors (Lipinski definition) is 2. The summed E-state index contributed by atoms with van der Waals surface area (Å²) in [4.78, 5) is 2.50. The first-order chi connectivity index (χ1) is 8.72. The SMILES string of the molecule is CCC(O)C1CC(NC2CCCC2)CN(CC)C1. The van der Waals surface area contributed by atoms with Crippen LogP contribution in [0.4, 0.5) is 0 Å². The van der Waals surface area contributed by atoms with Crippen molar-refractivity contribution in [3.63, 3.8) is 0 Å². The maximum absolute atomic E-state index is 10.1. The summed E-state index contributed by atoms with van der Waals surface area (Å²) >= 11 is 0. The van der Waals surface area contributed by atoms with Gasteiger partial charge in [0.2, 0.25) is 0 Å². The van der Waals surface area contributed by atoms with E-state index < -0.39 is 0 Å². The van der Waals surface area contributed by atoms with Gasteiger partial charge in [-0.05, 0) is 38.1 Å². The van der Waals surface area contributed by atoms with Crippen LogP contribution in [0.25, 0.3) is 0 Å². The number of hydrogen-bond acceptors (Lipinski definition) is 3. The molecule has 1 heterocycles. The molecular weight excluding hydrogens is 224 g/mol. The van der Waals surface area contributed by atoms with Gasteiger partial charge in [-0.2, -0.15) is 0 Å². The van der Waals surface area contributed by atoms with E-state index in [0.29, 0.717) is 12.0 Å². The first kappa shape index (κ1) is 14.3. The predicted molar refractivity (Wildman–Crippen MR) is 75.7 cm³/mol. The highest BCUT2D eigenvalue weighted by molar-refractivity contribution is 4.88. The maximum Gasteiger partial charge on any atom is 0.0578 e. The summed E-state index contributed by atoms with van der Waals surface area (Å²) in [5.41, 5.74) is 0. The molecule has 1 aliphatic carbocycles. The fourth-order valence-electron chi connectivity index (χ4n) is 3.65. The third-order valence-corrected chi connectivity index (χ3v) is 4.79. The quantitative estimate of drug-likeness (QED) is 0.788. The topological polar surface area (TPSA) is 35.5 Å². The summed E-state index contributed by atoms with van der Waals surface area (Å²) in [6, 6.07) is 1.33. The van der Waals surface area contributed by atoms with Gasteiger partial charge in [-0.25, -0.2) is 0 Å². The maximum atomic E-state index is 10.1. The smallest absolute Gasteiger partial charge is 0.0578 e. The zero-order chi connectivity index (χ0) is 13.0. The summed E-state index contributed by atoms with van der Waals surface area (Å²) in [5.74, 6) is 0.461. The van der Waals surface area contributed by atoms with Crippen LogP contribution in [0.15, 0.2) is 0 Å². The molecule has 0 aromatic heterocycles. The normalized spacial score (nSPS) is 32.8. The fraction of sp³-hybridized carbons (Fsp3) is 1.00. The number of nitrogens with one attached hydrogen (secondary N) is 1. The molecule has 1 saturated heterocycles. The minimum absolute atomic E-state index is 0.118. The number of aliphatic hydroxyl groups excluding tert-OH is 1. The second-order valence-corrected chi connectivity index (χ2v) is 6.17. The minimum atomic E-state index is -0.118. The van der Waals surface area contributed by atoms with E-state index in [4.69, 9.17) is 0 Å². The first-order valence-electron chi connectivity index (χ1n) is 7.89. The van der Waals surface area contributed by atoms with Gasteiger partial charge in [0.15, 0.2) is 0 Å². The Kier molecular flexibility index (Phi) is 5.46. The number of nitrogens with zero attached hydrogens (tertiary/aromatic N) is 1. The van der Waals surface area contributed by atoms with Crippen LogP contribution >= 0.6 is 0 Å². The van der Waals surface area contributed by atoms with Gasteiger partial charge in [0.05, 0.1) is 6.10 Å². The zero-order valence-electron chi connectivity index (χ0n) is 12.1. The molecule has 18 heavy (non-hydrogen) atoms. The lowest BCUT2D eigenvalue weighted by Crippen LogP contribution is -2.53. The van der Waals surface area contributed by atoms with E-state index in [1.54, 1.807) is 0 Å². The molecule has 0 spiro atoms. The van der Waals surface area contributed by atoms with Crippen LogP contribution in [0.5, 0.6) is 0 Å². The monoisotopic (exact) mass is 254 g/mol. The predicted octanol–water partition coefficient (Wildman–Crippen LogP) is 2.00. The fourth-order valence-corrected chi connectivity index (χ4v) is 3.65. The molecule has 0 amide bonds. The Hall–Kier alpha value is -0.120. The van der Waals surface area contributed by atoms with Crippen molar-refractivity contribution < 1.29 is 5.11 Å². The summed E-state index contributed by atoms with van der Waals surface area (Å²) in [5, 5.41) is 14.0. The number of aliphatic hydroxyl groups is 1. The lowest BCUT2D eigenvalue weighted by atomic mass is 9.88. The van der Waals surface area contributed by atoms with Crippen molar-refractivity contribution in [2.75, 3.05) is 19.6 Å². The molecule has 2 fully saturated rings. The van der Waals surface area contributed by atoms with Crippen LogP contribution in [0.2, 0.25) is 0 Å². The molecule has 2 aliphatic rings. The highest BCUT2D eigenvalue weighted by atomic mass is 16.3. The molecule has 3 heteroatoms. The van der Waals surface area contributed by atoms with Crippen LogP contribution in [-0.4, -0.2) is 47.8 Å². The molecule has 2 rings (SSSR count). The minimum Gasteiger partial charge on any atom is -0.393 e. The lowest BCUT2D eigenvalue weighted by Gasteiger charge is -2.40. The van der Waals surface area contributed by atoms with E-state index in [1.165, 1.54) is 32.2 Å². The van der Waals surface area contributed by atoms with E-state index in [2.05, 4.69) is 24.1 Å². The number of piperidine rings is 1. The Balaban J connectivity index is 1.88. The molecule has 0 aromatic rings. The number of likely N-dealkylation sites (tertiary alicyclic amines) is 1. The van der Waals surface area contributed by atoms with Crippen molar-refractivity contribution in [3.8, 4) is 0 Å². The Morgan fingerprint density at radius 2 is 1.89 bits per heavy atom. The Morgan fingerprint density at radius 3 is 2.50 bits per heavy atom. The van der Waals surface area contributed by atoms with Gasteiger partial charge in [-0.15, -0.1) is 0 Å². The second kappa shape index (κ2) is 6.88. The molecule has 3 nitrogen and oxygen atoms in total. The van der Waals surface area contributed by atoms with E-state index >= 15 is 0 Å². The summed E-state index contributed by atoms with van der Waals surface area (Å²) in [7, 11) is 0. The molecule has 1 aliphatic heterocycles. The largest absolute Gasteiger partial charge is 0.393 e. The van der Waals surface area contributed by atoms with Crippen molar-refractivity contribution in [2.24, 2.45) is 5.92 Å². The zero-order valence-corrected chi connectivity index (χ0v) is 12.1. The van der Waals surface area contributed by atoms with Crippen LogP contribution in [0.3, 0.4) is 0 Å². The summed E-state index contributed by atoms with van der Waals surface area (Å²) in [6.07, 6.45) is 7.41. The summed E-state index contributed by atoms with van der Waals surface area (Å²) < 4.78 is 0. The number of rotatable bonds is 5. The lowest BCUT2D eigenvalue weighted by molar-refractivity contribution is 0.0356. The van der Waals surface area contributed by atoms with Gasteiger partial charge in [0.25, 0.3) is 0 Å². The van der Waals surface area contributed by atoms with Crippen molar-refractivity contribution in [1.29, 1.82) is 0 Å². The molecule has 106 valence electrons. The highest BCUT2D eigenvalue weighted by Crippen LogP contribution is 2.24. The van der Waals surface area contributed by atoms with Crippen molar-refractivity contribution in [3.05, 3.63) is 0 Å². The molecular formula is C15H30N2O. The Bertz CT molecular complexity index is 241. The van der Waals surface area contributed by atoms with E-state index in [0.717, 1.165) is 32.0 Å². The Labute approximate surface area is 112 Å². The Morgan fingerprint density at radius 1 is 1.17 bits per heavy atom. The molecule has 0 radical (unpaired) electrons. The average Bonchev–Trinajstić information content (AvgIpc) is 2.90. The van der Waals surface area contributed by atoms with Gasteiger partial charge in [-0.1, -0.05) is 26.7 Å². The standard InChI is InChI=1S/C15H30N2O/c1-3-15(18)12-9-14(11-17(4-2)10-12)16-13-7-5-6-8-13/h12-16,18H,3-11H2,1-2H3. The van der Waals surface area contributed by atoms with Gasteiger partial charge in [0.1, 0.15) is 0 Å². The van der Waals surface area contributed by atoms with E-state index in [-0.39, 0.29) is 6.10 Å². The van der Waals surface area contributed by atoms with Crippen LogP contribution < -0.4 is 5.32 Å². The third-order valence-electron chi connectivity index (χ3n) is 4.79. The van der Waals surface area contributed by atoms with Crippen molar-refractivity contribution in [2.45, 2.75) is 70.6 Å². The van der Waals surface area contributed by atoms with Gasteiger partial charge in [0, 0.05) is 25.2 Å². The number of likely N-dealkylation sites (N-methyl/N-ethyl adjacent to an activating group) is 1. The van der Waals surface area contributed by atoms with Crippen molar-refractivity contribution in [1.82, 2.24) is 10.2 Å². The van der Waals surface area contributed by atoms with Crippen molar-refractivity contribution >= 4 is 0 Å². The molecule has 3 unspecified atom stereocenters. The van der Waals surface area contributed by atoms with Crippen LogP contribution in [0.1, 0.15) is 52.4 Å². The molecule has 2 N–H and O–H groups in total. The molecule has 0 aromatic carbocycles. The molecule has 0 bridgehead atoms. The molecule has 1 saturated carbocycles. The van der Waals surface area contributed by atoms with Crippen LogP contribution in [-0.2, 0) is 0 Å². The van der Waals surface area contributed by atoms with Crippen LogP contribution in [0, 0.1) is 5.92 Å². The van der Waals surface area contributed by atoms with E-state index in [9.17, 15) is 5.11 Å².